The third-order valence-corrected chi connectivity index (χ3v) is 9.25. The largest absolute Gasteiger partial charge is 0.506 e. The molecule has 2 aromatic carbocycles. The number of sulfone groups is 1. The molecular formula is C32H39F3N4O6S. The number of carbonyl (C=O) groups excluding carboxylic acids is 1. The molecule has 0 bridgehead atoms. The van der Waals surface area contributed by atoms with Crippen LogP contribution in [0.5, 0.6) is 5.75 Å². The van der Waals surface area contributed by atoms with E-state index >= 15 is 0 Å². The zero-order valence-electron chi connectivity index (χ0n) is 25.9. The predicted molar refractivity (Wildman–Crippen MR) is 168 cm³/mol. The van der Waals surface area contributed by atoms with E-state index in [1.807, 2.05) is 6.07 Å². The number of carbonyl (C=O) groups is 1. The summed E-state index contributed by atoms with van der Waals surface area (Å²) >= 11 is 0. The average molecular weight is 665 g/mol. The second-order valence-electron chi connectivity index (χ2n) is 11.6. The summed E-state index contributed by atoms with van der Waals surface area (Å²) in [5.74, 6) is 4.64. The molecule has 14 heteroatoms. The number of β-amino-alcohol motifs (C(OH)–C–C–N with tert-alkyl or cyclic N) is 1. The Morgan fingerprint density at radius 1 is 1.20 bits per heavy atom. The van der Waals surface area contributed by atoms with Gasteiger partial charge in [0.05, 0.1) is 35.5 Å². The van der Waals surface area contributed by atoms with Crippen molar-refractivity contribution in [2.75, 3.05) is 51.1 Å². The van der Waals surface area contributed by atoms with Crippen LogP contribution in [0.3, 0.4) is 0 Å². The topological polar surface area (TPSA) is 138 Å². The summed E-state index contributed by atoms with van der Waals surface area (Å²) in [5, 5.41) is 21.1. The highest BCUT2D eigenvalue weighted by atomic mass is 32.2. The highest BCUT2D eigenvalue weighted by Crippen LogP contribution is 2.35. The monoisotopic (exact) mass is 664 g/mol. The van der Waals surface area contributed by atoms with Crippen molar-refractivity contribution < 1.29 is 41.3 Å². The van der Waals surface area contributed by atoms with Crippen LogP contribution in [-0.4, -0.2) is 92.4 Å². The number of aliphatic hydroxyl groups excluding tert-OH is 1. The fourth-order valence-corrected chi connectivity index (χ4v) is 6.52. The normalized spacial score (nSPS) is 16.2. The lowest BCUT2D eigenvalue weighted by molar-refractivity contribution is -0.140. The van der Waals surface area contributed by atoms with Crippen LogP contribution >= 0.6 is 0 Å². The Kier molecular flexibility index (Phi) is 11.1. The van der Waals surface area contributed by atoms with Crippen molar-refractivity contribution in [3.8, 4) is 17.6 Å². The SMILES string of the molecule is COCC(O)CN1CCC(C(N)c2cccc3c2cc(C#CCN(C(C)=O)c2ccc(S(C)(=O)=O)cc2O)n3CC(F)(F)F)CC1. The third kappa shape index (κ3) is 8.59. The Morgan fingerprint density at radius 3 is 2.48 bits per heavy atom. The van der Waals surface area contributed by atoms with Gasteiger partial charge >= 0.3 is 6.18 Å². The van der Waals surface area contributed by atoms with Gasteiger partial charge in [-0.2, -0.15) is 13.2 Å². The molecule has 2 unspecified atom stereocenters. The number of aromatic hydroxyl groups is 1. The van der Waals surface area contributed by atoms with Crippen molar-refractivity contribution >= 4 is 32.3 Å². The molecule has 1 aliphatic rings. The van der Waals surface area contributed by atoms with Crippen LogP contribution in [0.25, 0.3) is 10.9 Å². The quantitative estimate of drug-likeness (QED) is 0.281. The molecule has 10 nitrogen and oxygen atoms in total. The molecule has 0 saturated carbocycles. The third-order valence-electron chi connectivity index (χ3n) is 8.14. The minimum atomic E-state index is -4.54. The Hall–Kier alpha value is -3.61. The zero-order valence-corrected chi connectivity index (χ0v) is 26.7. The number of nitrogens with zero attached hydrogens (tertiary/aromatic N) is 3. The molecule has 0 aliphatic carbocycles. The summed E-state index contributed by atoms with van der Waals surface area (Å²) in [6.07, 6.45) is -2.64. The number of aromatic nitrogens is 1. The summed E-state index contributed by atoms with van der Waals surface area (Å²) in [6.45, 7) is 1.84. The fraction of sp³-hybridized carbons (Fsp3) is 0.469. The number of phenols is 1. The number of halogens is 3. The number of likely N-dealkylation sites (tertiary alicyclic amines) is 1. The maximum absolute atomic E-state index is 13.7. The molecule has 1 fully saturated rings. The van der Waals surface area contributed by atoms with E-state index in [1.165, 1.54) is 26.2 Å². The van der Waals surface area contributed by atoms with Gasteiger partial charge in [-0.3, -0.25) is 9.69 Å². The minimum Gasteiger partial charge on any atom is -0.506 e. The average Bonchev–Trinajstić information content (AvgIpc) is 3.31. The van der Waals surface area contributed by atoms with Gasteiger partial charge in [-0.1, -0.05) is 18.1 Å². The standard InChI is InChI=1S/C32H39F3N4O6S/c1-21(40)38(29-10-9-25(17-30(29)42)46(3,43)44)13-5-6-23-16-27-26(7-4-8-28(27)39(23)20-32(33,34)35)31(36)22-11-14-37(15-12-22)18-24(41)19-45-2/h4,7-10,16-17,22,24,31,41-42H,11-15,18-20,36H2,1-3H3. The molecule has 1 amide bonds. The Morgan fingerprint density at radius 2 is 1.89 bits per heavy atom. The van der Waals surface area contributed by atoms with E-state index < -0.39 is 46.4 Å². The summed E-state index contributed by atoms with van der Waals surface area (Å²) in [5.41, 5.74) is 7.87. The van der Waals surface area contributed by atoms with E-state index in [0.717, 1.165) is 47.7 Å². The predicted octanol–water partition coefficient (Wildman–Crippen LogP) is 3.44. The van der Waals surface area contributed by atoms with Crippen molar-refractivity contribution in [3.63, 3.8) is 0 Å². The van der Waals surface area contributed by atoms with Crippen LogP contribution in [0, 0.1) is 17.8 Å². The highest BCUT2D eigenvalue weighted by Gasteiger charge is 2.31. The van der Waals surface area contributed by atoms with Gasteiger partial charge in [0.2, 0.25) is 5.91 Å². The number of amides is 1. The molecule has 1 aliphatic heterocycles. The number of hydrogen-bond acceptors (Lipinski definition) is 8. The van der Waals surface area contributed by atoms with Crippen LogP contribution in [-0.2, 0) is 25.9 Å². The molecule has 46 heavy (non-hydrogen) atoms. The second-order valence-corrected chi connectivity index (χ2v) is 13.6. The van der Waals surface area contributed by atoms with Gasteiger partial charge in [0, 0.05) is 49.8 Å². The molecule has 1 saturated heterocycles. The lowest BCUT2D eigenvalue weighted by atomic mass is 9.84. The smallest absolute Gasteiger partial charge is 0.406 e. The summed E-state index contributed by atoms with van der Waals surface area (Å²) < 4.78 is 71.0. The van der Waals surface area contributed by atoms with Crippen molar-refractivity contribution in [3.05, 3.63) is 53.7 Å². The zero-order chi connectivity index (χ0) is 33.8. The molecule has 0 spiro atoms. The first-order valence-electron chi connectivity index (χ1n) is 14.7. The summed E-state index contributed by atoms with van der Waals surface area (Å²) in [7, 11) is -2.08. The first kappa shape index (κ1) is 35.2. The number of ether oxygens (including phenoxy) is 1. The summed E-state index contributed by atoms with van der Waals surface area (Å²) in [4.78, 5) is 15.5. The summed E-state index contributed by atoms with van der Waals surface area (Å²) in [6, 6.07) is 9.76. The highest BCUT2D eigenvalue weighted by molar-refractivity contribution is 7.90. The van der Waals surface area contributed by atoms with E-state index in [1.54, 1.807) is 18.2 Å². The number of nitrogens with two attached hydrogens (primary N) is 1. The first-order valence-corrected chi connectivity index (χ1v) is 16.6. The lowest BCUT2D eigenvalue weighted by Crippen LogP contribution is -2.42. The van der Waals surface area contributed by atoms with Gasteiger partial charge in [-0.25, -0.2) is 8.42 Å². The molecule has 4 rings (SSSR count). The van der Waals surface area contributed by atoms with Gasteiger partial charge < -0.3 is 30.2 Å². The minimum absolute atomic E-state index is 0.0116. The molecule has 0 radical (unpaired) electrons. The second kappa shape index (κ2) is 14.4. The van der Waals surface area contributed by atoms with Gasteiger partial charge in [0.1, 0.15) is 12.3 Å². The number of anilines is 1. The maximum Gasteiger partial charge on any atom is 0.406 e. The molecule has 2 heterocycles. The number of piperidine rings is 1. The Balaban J connectivity index is 1.62. The molecule has 1 aromatic heterocycles. The van der Waals surface area contributed by atoms with E-state index in [4.69, 9.17) is 10.5 Å². The van der Waals surface area contributed by atoms with Gasteiger partial charge in [0.15, 0.2) is 9.84 Å². The number of aliphatic hydroxyl groups is 1. The number of phenolic OH excluding ortho intramolecular Hbond substituents is 1. The number of hydrogen-bond donors (Lipinski definition) is 3. The van der Waals surface area contributed by atoms with Gasteiger partial charge in [-0.05, 0) is 67.6 Å². The van der Waals surface area contributed by atoms with E-state index in [-0.39, 0.29) is 35.3 Å². The van der Waals surface area contributed by atoms with Crippen molar-refractivity contribution in [2.24, 2.45) is 11.7 Å². The molecule has 2 atom stereocenters. The maximum atomic E-state index is 13.7. The van der Waals surface area contributed by atoms with Crippen molar-refractivity contribution in [1.82, 2.24) is 9.47 Å². The van der Waals surface area contributed by atoms with Crippen LogP contribution in [0.1, 0.15) is 37.1 Å². The van der Waals surface area contributed by atoms with E-state index in [0.29, 0.717) is 23.0 Å². The van der Waals surface area contributed by atoms with Crippen molar-refractivity contribution in [1.29, 1.82) is 0 Å². The molecule has 250 valence electrons. The number of alkyl halides is 3. The number of benzene rings is 2. The lowest BCUT2D eigenvalue weighted by Gasteiger charge is -2.35. The number of methoxy groups -OCH3 is 1. The van der Waals surface area contributed by atoms with Crippen LogP contribution < -0.4 is 10.6 Å². The van der Waals surface area contributed by atoms with E-state index in [2.05, 4.69) is 16.7 Å². The molecule has 4 N–H and O–H groups in total. The number of fused-ring (bicyclic) bond motifs is 1. The Labute approximate surface area is 266 Å². The fourth-order valence-electron chi connectivity index (χ4n) is 5.88. The molecule has 3 aromatic rings. The van der Waals surface area contributed by atoms with Gasteiger partial charge in [-0.15, -0.1) is 0 Å². The number of rotatable bonds is 10. The molecular weight excluding hydrogens is 625 g/mol. The van der Waals surface area contributed by atoms with Crippen LogP contribution in [0.4, 0.5) is 18.9 Å². The van der Waals surface area contributed by atoms with Gasteiger partial charge in [0.25, 0.3) is 0 Å². The van der Waals surface area contributed by atoms with E-state index in [9.17, 15) is 36.6 Å². The Bertz CT molecular complexity index is 1720. The van der Waals surface area contributed by atoms with Crippen LogP contribution in [0.2, 0.25) is 0 Å². The van der Waals surface area contributed by atoms with Crippen molar-refractivity contribution in [2.45, 2.75) is 49.5 Å². The van der Waals surface area contributed by atoms with Crippen LogP contribution in [0.15, 0.2) is 47.4 Å². The first-order chi connectivity index (χ1) is 21.6.